The van der Waals surface area contributed by atoms with Crippen molar-refractivity contribution in [2.75, 3.05) is 26.9 Å². The molecule has 1 aliphatic rings. The number of likely N-dealkylation sites (tertiary alicyclic amines) is 1. The van der Waals surface area contributed by atoms with E-state index in [4.69, 9.17) is 18.9 Å². The highest BCUT2D eigenvalue weighted by Gasteiger charge is 2.36. The molecule has 0 saturated carbocycles. The summed E-state index contributed by atoms with van der Waals surface area (Å²) in [5.41, 5.74) is 2.73. The Hall–Kier alpha value is -3.62. The van der Waals surface area contributed by atoms with Gasteiger partial charge >= 0.3 is 6.09 Å². The van der Waals surface area contributed by atoms with Crippen molar-refractivity contribution in [2.24, 2.45) is 0 Å². The summed E-state index contributed by atoms with van der Waals surface area (Å²) in [5.74, 6) is 1.56. The molecule has 196 valence electrons. The van der Waals surface area contributed by atoms with Crippen molar-refractivity contribution in [1.82, 2.24) is 9.88 Å². The number of methoxy groups -OCH3 is 1. The molecule has 2 unspecified atom stereocenters. The number of carboxylic acid groups (broad SMARTS) is 1. The molecule has 2 heterocycles. The van der Waals surface area contributed by atoms with Gasteiger partial charge in [0.15, 0.2) is 0 Å². The lowest BCUT2D eigenvalue weighted by Gasteiger charge is -2.39. The van der Waals surface area contributed by atoms with Gasteiger partial charge in [-0.1, -0.05) is 36.4 Å². The first-order valence-electron chi connectivity index (χ1n) is 12.6. The molecule has 8 nitrogen and oxygen atoms in total. The normalized spacial score (nSPS) is 17.4. The van der Waals surface area contributed by atoms with E-state index in [1.165, 1.54) is 4.90 Å². The topological polar surface area (TPSA) is 90.4 Å². The summed E-state index contributed by atoms with van der Waals surface area (Å²) in [6.07, 6.45) is 2.83. The van der Waals surface area contributed by atoms with E-state index >= 15 is 0 Å². The first-order chi connectivity index (χ1) is 18.2. The SMILES string of the molecule is COc1ccccc1COCCCOc1ccc(C2C(OCc3ccccn3)CCCN2C(=O)O)cc1. The maximum absolute atomic E-state index is 12.0. The second-order valence-electron chi connectivity index (χ2n) is 8.87. The van der Waals surface area contributed by atoms with Crippen molar-refractivity contribution in [3.8, 4) is 11.5 Å². The van der Waals surface area contributed by atoms with Crippen molar-refractivity contribution < 1.29 is 28.8 Å². The lowest BCUT2D eigenvalue weighted by molar-refractivity contribution is -0.0461. The van der Waals surface area contributed by atoms with E-state index in [0.717, 1.165) is 47.6 Å². The fourth-order valence-electron chi connectivity index (χ4n) is 4.54. The predicted octanol–water partition coefficient (Wildman–Crippen LogP) is 5.48. The molecule has 0 spiro atoms. The molecule has 1 fully saturated rings. The third-order valence-corrected chi connectivity index (χ3v) is 6.37. The molecule has 4 rings (SSSR count). The Labute approximate surface area is 217 Å². The van der Waals surface area contributed by atoms with Gasteiger partial charge in [0.2, 0.25) is 0 Å². The van der Waals surface area contributed by atoms with Gasteiger partial charge in [-0.15, -0.1) is 0 Å². The highest BCUT2D eigenvalue weighted by Crippen LogP contribution is 2.34. The molecule has 2 atom stereocenters. The van der Waals surface area contributed by atoms with Gasteiger partial charge in [0, 0.05) is 24.7 Å². The number of carbonyl (C=O) groups is 1. The highest BCUT2D eigenvalue weighted by molar-refractivity contribution is 5.66. The molecule has 1 aromatic heterocycles. The van der Waals surface area contributed by atoms with Gasteiger partial charge in [-0.3, -0.25) is 9.88 Å². The van der Waals surface area contributed by atoms with Crippen LogP contribution < -0.4 is 9.47 Å². The van der Waals surface area contributed by atoms with Crippen LogP contribution >= 0.6 is 0 Å². The van der Waals surface area contributed by atoms with Gasteiger partial charge in [0.1, 0.15) is 11.5 Å². The second kappa shape index (κ2) is 13.6. The molecule has 0 aliphatic carbocycles. The highest BCUT2D eigenvalue weighted by atomic mass is 16.5. The molecule has 1 saturated heterocycles. The van der Waals surface area contributed by atoms with E-state index in [1.54, 1.807) is 13.3 Å². The summed E-state index contributed by atoms with van der Waals surface area (Å²) in [6, 6.07) is 20.7. The number of nitrogens with zero attached hydrogens (tertiary/aromatic N) is 2. The van der Waals surface area contributed by atoms with Crippen LogP contribution in [0, 0.1) is 0 Å². The minimum absolute atomic E-state index is 0.251. The number of rotatable bonds is 12. The molecule has 1 N–H and O–H groups in total. The number of para-hydroxylation sites is 1. The average molecular weight is 507 g/mol. The van der Waals surface area contributed by atoms with Crippen molar-refractivity contribution in [1.29, 1.82) is 0 Å². The molecule has 0 bridgehead atoms. The molecule has 0 radical (unpaired) electrons. The number of pyridine rings is 1. The maximum Gasteiger partial charge on any atom is 0.407 e. The lowest BCUT2D eigenvalue weighted by Crippen LogP contribution is -2.45. The second-order valence-corrected chi connectivity index (χ2v) is 8.87. The Kier molecular flexibility index (Phi) is 9.74. The number of piperidine rings is 1. The van der Waals surface area contributed by atoms with Gasteiger partial charge in [-0.25, -0.2) is 4.79 Å². The predicted molar refractivity (Wildman–Crippen MR) is 139 cm³/mol. The molecule has 37 heavy (non-hydrogen) atoms. The Morgan fingerprint density at radius 2 is 1.84 bits per heavy atom. The smallest absolute Gasteiger partial charge is 0.407 e. The van der Waals surface area contributed by atoms with Gasteiger partial charge in [0.05, 0.1) is 51.4 Å². The maximum atomic E-state index is 12.0. The summed E-state index contributed by atoms with van der Waals surface area (Å²) >= 11 is 0. The number of hydrogen-bond donors (Lipinski definition) is 1. The minimum atomic E-state index is -0.940. The van der Waals surface area contributed by atoms with Crippen LogP contribution in [-0.2, 0) is 22.7 Å². The minimum Gasteiger partial charge on any atom is -0.496 e. The van der Waals surface area contributed by atoms with E-state index in [-0.39, 0.29) is 12.1 Å². The monoisotopic (exact) mass is 506 g/mol. The molecule has 1 aliphatic heterocycles. The van der Waals surface area contributed by atoms with Crippen LogP contribution in [0.3, 0.4) is 0 Å². The van der Waals surface area contributed by atoms with Crippen LogP contribution in [-0.4, -0.2) is 54.1 Å². The number of benzene rings is 2. The quantitative estimate of drug-likeness (QED) is 0.326. The standard InChI is InChI=1S/C29H34N2O6/c1-34-26-10-3-2-8-23(26)20-35-18-7-19-36-25-14-12-22(13-15-25)28-27(11-6-17-31(28)29(32)33)37-21-24-9-4-5-16-30-24/h2-5,8-10,12-16,27-28H,6-7,11,17-21H2,1H3,(H,32,33). The third-order valence-electron chi connectivity index (χ3n) is 6.37. The number of ether oxygens (including phenoxy) is 4. The largest absolute Gasteiger partial charge is 0.496 e. The van der Waals surface area contributed by atoms with E-state index in [2.05, 4.69) is 4.98 Å². The van der Waals surface area contributed by atoms with Crippen molar-refractivity contribution in [3.63, 3.8) is 0 Å². The van der Waals surface area contributed by atoms with E-state index in [0.29, 0.717) is 33.0 Å². The van der Waals surface area contributed by atoms with Gasteiger partial charge in [0.25, 0.3) is 0 Å². The summed E-state index contributed by atoms with van der Waals surface area (Å²) in [6.45, 7) is 2.41. The first kappa shape index (κ1) is 26.4. The van der Waals surface area contributed by atoms with E-state index in [1.807, 2.05) is 66.7 Å². The van der Waals surface area contributed by atoms with Gasteiger partial charge in [-0.05, 0) is 48.7 Å². The Morgan fingerprint density at radius 1 is 1.03 bits per heavy atom. The molecule has 3 aromatic rings. The Morgan fingerprint density at radius 3 is 2.59 bits per heavy atom. The fraction of sp³-hybridized carbons (Fsp3) is 0.379. The summed E-state index contributed by atoms with van der Waals surface area (Å²) in [5, 5.41) is 9.83. The van der Waals surface area contributed by atoms with Crippen LogP contribution in [0.25, 0.3) is 0 Å². The van der Waals surface area contributed by atoms with Crippen LogP contribution in [0.1, 0.15) is 42.1 Å². The molecular weight excluding hydrogens is 472 g/mol. The van der Waals surface area contributed by atoms with E-state index in [9.17, 15) is 9.90 Å². The zero-order valence-corrected chi connectivity index (χ0v) is 21.1. The molecule has 1 amide bonds. The molecule has 8 heteroatoms. The third kappa shape index (κ3) is 7.44. The number of aromatic nitrogens is 1. The zero-order chi connectivity index (χ0) is 25.9. The molecular formula is C29H34N2O6. The van der Waals surface area contributed by atoms with Crippen molar-refractivity contribution >= 4 is 6.09 Å². The summed E-state index contributed by atoms with van der Waals surface area (Å²) in [4.78, 5) is 17.8. The van der Waals surface area contributed by atoms with Gasteiger partial charge in [-0.2, -0.15) is 0 Å². The fourth-order valence-corrected chi connectivity index (χ4v) is 4.54. The lowest BCUT2D eigenvalue weighted by atomic mass is 9.92. The van der Waals surface area contributed by atoms with Crippen LogP contribution in [0.15, 0.2) is 72.9 Å². The zero-order valence-electron chi connectivity index (χ0n) is 21.1. The Balaban J connectivity index is 1.28. The summed E-state index contributed by atoms with van der Waals surface area (Å²) < 4.78 is 23.2. The van der Waals surface area contributed by atoms with Crippen LogP contribution in [0.2, 0.25) is 0 Å². The van der Waals surface area contributed by atoms with E-state index < -0.39 is 6.09 Å². The van der Waals surface area contributed by atoms with Crippen molar-refractivity contribution in [2.45, 2.75) is 44.6 Å². The van der Waals surface area contributed by atoms with Crippen LogP contribution in [0.5, 0.6) is 11.5 Å². The number of amides is 1. The first-order valence-corrected chi connectivity index (χ1v) is 12.6. The summed E-state index contributed by atoms with van der Waals surface area (Å²) in [7, 11) is 1.65. The van der Waals surface area contributed by atoms with Crippen molar-refractivity contribution in [3.05, 3.63) is 89.7 Å². The van der Waals surface area contributed by atoms with Gasteiger partial charge < -0.3 is 24.1 Å². The average Bonchev–Trinajstić information content (AvgIpc) is 2.94. The Bertz CT molecular complexity index is 1110. The van der Waals surface area contributed by atoms with Crippen LogP contribution in [0.4, 0.5) is 4.79 Å². The molecule has 2 aromatic carbocycles. The number of hydrogen-bond acceptors (Lipinski definition) is 6.